The maximum Gasteiger partial charge on any atom is 0.363 e. The smallest absolute Gasteiger partial charge is 0.363 e. The number of H-pyrrole nitrogens is 1. The van der Waals surface area contributed by atoms with Crippen LogP contribution in [0.15, 0.2) is 18.2 Å². The Balaban J connectivity index is 2.21. The average molecular weight is 259 g/mol. The van der Waals surface area contributed by atoms with Crippen LogP contribution in [-0.2, 0) is 0 Å². The van der Waals surface area contributed by atoms with Gasteiger partial charge in [0.15, 0.2) is 0 Å². The zero-order valence-electron chi connectivity index (χ0n) is 7.65. The van der Waals surface area contributed by atoms with Crippen molar-refractivity contribution < 1.29 is 9.53 Å². The Morgan fingerprint density at radius 2 is 2.19 bits per heavy atom. The second-order valence-corrected chi connectivity index (χ2v) is 3.55. The van der Waals surface area contributed by atoms with Crippen molar-refractivity contribution in [2.45, 2.75) is 0 Å². The molecule has 1 aromatic heterocycles. The van der Waals surface area contributed by atoms with E-state index in [4.69, 9.17) is 27.9 Å². The second-order valence-electron chi connectivity index (χ2n) is 2.71. The zero-order chi connectivity index (χ0) is 11.5. The van der Waals surface area contributed by atoms with Crippen LogP contribution in [0.3, 0.4) is 0 Å². The fourth-order valence-corrected chi connectivity index (χ4v) is 1.47. The summed E-state index contributed by atoms with van der Waals surface area (Å²) < 4.78 is 4.78. The maximum absolute atomic E-state index is 11.6. The van der Waals surface area contributed by atoms with Crippen molar-refractivity contribution in [3.8, 4) is 6.01 Å². The third-order valence-electron chi connectivity index (χ3n) is 1.66. The predicted octanol–water partition coefficient (Wildman–Crippen LogP) is 1.73. The van der Waals surface area contributed by atoms with Crippen molar-refractivity contribution >= 4 is 29.2 Å². The molecule has 0 saturated carbocycles. The van der Waals surface area contributed by atoms with Gasteiger partial charge in [0, 0.05) is 5.02 Å². The van der Waals surface area contributed by atoms with Crippen molar-refractivity contribution in [3.05, 3.63) is 33.8 Å². The lowest BCUT2D eigenvalue weighted by molar-refractivity contribution is 0.0719. The molecule has 1 aromatic carbocycles. The van der Waals surface area contributed by atoms with Gasteiger partial charge in [0.05, 0.1) is 10.6 Å². The summed E-state index contributed by atoms with van der Waals surface area (Å²) in [5, 5.41) is 13.0. The van der Waals surface area contributed by atoms with E-state index in [1.807, 2.05) is 0 Å². The van der Waals surface area contributed by atoms with Gasteiger partial charge in [0.2, 0.25) is 0 Å². The first-order valence-corrected chi connectivity index (χ1v) is 4.83. The number of rotatable bonds is 2. The Hall–Kier alpha value is -1.66. The van der Waals surface area contributed by atoms with Gasteiger partial charge in [-0.25, -0.2) is 4.79 Å². The molecule has 0 aliphatic rings. The molecular weight excluding hydrogens is 255 g/mol. The van der Waals surface area contributed by atoms with Crippen LogP contribution in [0.25, 0.3) is 0 Å². The second kappa shape index (κ2) is 4.46. The molecule has 16 heavy (non-hydrogen) atoms. The van der Waals surface area contributed by atoms with E-state index in [0.29, 0.717) is 5.02 Å². The van der Waals surface area contributed by atoms with E-state index in [9.17, 15) is 4.79 Å². The van der Waals surface area contributed by atoms with E-state index < -0.39 is 5.97 Å². The molecule has 0 aliphatic heterocycles. The number of tetrazole rings is 1. The van der Waals surface area contributed by atoms with Crippen molar-refractivity contribution in [2.24, 2.45) is 0 Å². The normalized spacial score (nSPS) is 10.1. The fraction of sp³-hybridized carbons (Fsp3) is 0. The summed E-state index contributed by atoms with van der Waals surface area (Å²) in [7, 11) is 0. The number of nitrogens with zero attached hydrogens (tertiary/aromatic N) is 3. The standard InChI is InChI=1S/C8H4Cl2N4O2/c9-4-1-2-5(6(10)3-4)7(15)16-8-11-13-14-12-8/h1-3H,(H,11,12,13,14). The molecule has 0 radical (unpaired) electrons. The van der Waals surface area contributed by atoms with E-state index in [1.54, 1.807) is 0 Å². The number of benzene rings is 1. The van der Waals surface area contributed by atoms with Gasteiger partial charge in [0.1, 0.15) is 0 Å². The molecule has 0 bridgehead atoms. The van der Waals surface area contributed by atoms with E-state index in [1.165, 1.54) is 18.2 Å². The van der Waals surface area contributed by atoms with Crippen LogP contribution in [-0.4, -0.2) is 26.6 Å². The largest absolute Gasteiger partial charge is 0.385 e. The molecule has 2 rings (SSSR count). The lowest BCUT2D eigenvalue weighted by atomic mass is 10.2. The van der Waals surface area contributed by atoms with Crippen molar-refractivity contribution in [3.63, 3.8) is 0 Å². The van der Waals surface area contributed by atoms with E-state index in [-0.39, 0.29) is 16.6 Å². The molecule has 6 nitrogen and oxygen atoms in total. The minimum absolute atomic E-state index is 0.170. The first-order chi connectivity index (χ1) is 7.66. The highest BCUT2D eigenvalue weighted by atomic mass is 35.5. The van der Waals surface area contributed by atoms with Gasteiger partial charge < -0.3 is 4.74 Å². The Morgan fingerprint density at radius 1 is 1.38 bits per heavy atom. The molecule has 0 atom stereocenters. The number of halogens is 2. The molecule has 0 aliphatic carbocycles. The minimum atomic E-state index is -0.678. The molecule has 0 unspecified atom stereocenters. The van der Waals surface area contributed by atoms with Gasteiger partial charge in [0.25, 0.3) is 0 Å². The number of carbonyl (C=O) groups is 1. The van der Waals surface area contributed by atoms with Gasteiger partial charge in [-0.05, 0) is 23.4 Å². The quantitative estimate of drug-likeness (QED) is 0.830. The Labute approximate surface area is 99.5 Å². The SMILES string of the molecule is O=C(Oc1nn[nH]n1)c1ccc(Cl)cc1Cl. The van der Waals surface area contributed by atoms with Gasteiger partial charge in [-0.15, -0.1) is 0 Å². The molecule has 1 heterocycles. The van der Waals surface area contributed by atoms with Crippen LogP contribution in [0.4, 0.5) is 0 Å². The first-order valence-electron chi connectivity index (χ1n) is 4.07. The first kappa shape index (κ1) is 10.8. The number of aromatic amines is 1. The third kappa shape index (κ3) is 2.29. The Bertz CT molecular complexity index is 515. The molecule has 0 amide bonds. The number of hydrogen-bond acceptors (Lipinski definition) is 5. The van der Waals surface area contributed by atoms with E-state index in [2.05, 4.69) is 20.6 Å². The van der Waals surface area contributed by atoms with Crippen LogP contribution < -0.4 is 4.74 Å². The van der Waals surface area contributed by atoms with E-state index >= 15 is 0 Å². The van der Waals surface area contributed by atoms with Crippen LogP contribution in [0.2, 0.25) is 10.0 Å². The van der Waals surface area contributed by atoms with Gasteiger partial charge in [-0.2, -0.15) is 5.21 Å². The zero-order valence-corrected chi connectivity index (χ0v) is 9.16. The number of carbonyl (C=O) groups excluding carboxylic acids is 1. The lowest BCUT2D eigenvalue weighted by Gasteiger charge is -2.01. The summed E-state index contributed by atoms with van der Waals surface area (Å²) in [5.41, 5.74) is 0.177. The van der Waals surface area contributed by atoms with Crippen LogP contribution >= 0.6 is 23.2 Å². The van der Waals surface area contributed by atoms with Crippen LogP contribution in [0, 0.1) is 0 Å². The molecule has 0 spiro atoms. The third-order valence-corrected chi connectivity index (χ3v) is 2.21. The summed E-state index contributed by atoms with van der Waals surface area (Å²) in [5.74, 6) is -0.678. The van der Waals surface area contributed by atoms with Crippen molar-refractivity contribution in [1.82, 2.24) is 20.6 Å². The Morgan fingerprint density at radius 3 is 2.81 bits per heavy atom. The molecule has 82 valence electrons. The molecular formula is C8H4Cl2N4O2. The van der Waals surface area contributed by atoms with Crippen molar-refractivity contribution in [2.75, 3.05) is 0 Å². The van der Waals surface area contributed by atoms with Gasteiger partial charge >= 0.3 is 12.0 Å². The Kier molecular flexibility index (Phi) is 3.02. The highest BCUT2D eigenvalue weighted by molar-refractivity contribution is 6.36. The predicted molar refractivity (Wildman–Crippen MR) is 55.6 cm³/mol. The lowest BCUT2D eigenvalue weighted by Crippen LogP contribution is -2.10. The summed E-state index contributed by atoms with van der Waals surface area (Å²) in [6.45, 7) is 0. The van der Waals surface area contributed by atoms with Crippen molar-refractivity contribution in [1.29, 1.82) is 0 Å². The molecule has 0 saturated heterocycles. The minimum Gasteiger partial charge on any atom is -0.385 e. The fourth-order valence-electron chi connectivity index (χ4n) is 0.989. The average Bonchev–Trinajstić information content (AvgIpc) is 2.70. The van der Waals surface area contributed by atoms with Gasteiger partial charge in [-0.1, -0.05) is 33.4 Å². The maximum atomic E-state index is 11.6. The summed E-state index contributed by atoms with van der Waals surface area (Å²) in [6.07, 6.45) is 0. The summed E-state index contributed by atoms with van der Waals surface area (Å²) >= 11 is 11.5. The molecule has 0 fully saturated rings. The number of esters is 1. The topological polar surface area (TPSA) is 80.8 Å². The van der Waals surface area contributed by atoms with Crippen LogP contribution in [0.5, 0.6) is 6.01 Å². The van der Waals surface area contributed by atoms with Crippen LogP contribution in [0.1, 0.15) is 10.4 Å². The molecule has 2 aromatic rings. The number of aromatic nitrogens is 4. The number of ether oxygens (including phenoxy) is 1. The number of nitrogens with one attached hydrogen (secondary N) is 1. The summed E-state index contributed by atoms with van der Waals surface area (Å²) in [4.78, 5) is 11.6. The monoisotopic (exact) mass is 258 g/mol. The van der Waals surface area contributed by atoms with Gasteiger partial charge in [-0.3, -0.25) is 0 Å². The number of hydrogen-bond donors (Lipinski definition) is 1. The molecule has 1 N–H and O–H groups in total. The highest BCUT2D eigenvalue weighted by Crippen LogP contribution is 2.21. The highest BCUT2D eigenvalue weighted by Gasteiger charge is 2.14. The van der Waals surface area contributed by atoms with E-state index in [0.717, 1.165) is 0 Å². The molecule has 8 heteroatoms. The summed E-state index contributed by atoms with van der Waals surface area (Å²) in [6, 6.07) is 4.25.